The van der Waals surface area contributed by atoms with Crippen LogP contribution in [0.2, 0.25) is 0 Å². The third kappa shape index (κ3) is 3.42. The molecule has 1 N–H and O–H groups in total. The number of morpholine rings is 1. The summed E-state index contributed by atoms with van der Waals surface area (Å²) >= 11 is 0. The molecule has 2 aliphatic heterocycles. The molecular formula is C13H24N2O2. The average molecular weight is 240 g/mol. The van der Waals surface area contributed by atoms with Crippen LogP contribution in [0.5, 0.6) is 0 Å². The normalized spacial score (nSPS) is 29.8. The highest BCUT2D eigenvalue weighted by molar-refractivity contribution is 5.82. The summed E-state index contributed by atoms with van der Waals surface area (Å²) in [5.74, 6) is 0.224. The molecule has 1 atom stereocenters. The zero-order valence-corrected chi connectivity index (χ0v) is 11.0. The van der Waals surface area contributed by atoms with Crippen LogP contribution < -0.4 is 5.32 Å². The Morgan fingerprint density at radius 2 is 2.18 bits per heavy atom. The second-order valence-corrected chi connectivity index (χ2v) is 5.92. The minimum absolute atomic E-state index is 0.120. The highest BCUT2D eigenvalue weighted by Crippen LogP contribution is 2.29. The van der Waals surface area contributed by atoms with Crippen molar-refractivity contribution in [3.05, 3.63) is 0 Å². The lowest BCUT2D eigenvalue weighted by atomic mass is 9.85. The molecule has 0 saturated carbocycles. The number of hydrogen-bond donors (Lipinski definition) is 1. The molecule has 17 heavy (non-hydrogen) atoms. The lowest BCUT2D eigenvalue weighted by Gasteiger charge is -2.29. The van der Waals surface area contributed by atoms with Gasteiger partial charge < -0.3 is 15.0 Å². The van der Waals surface area contributed by atoms with E-state index in [-0.39, 0.29) is 11.9 Å². The monoisotopic (exact) mass is 240 g/mol. The number of amides is 1. The van der Waals surface area contributed by atoms with Crippen molar-refractivity contribution in [3.63, 3.8) is 0 Å². The lowest BCUT2D eigenvalue weighted by molar-refractivity contribution is -0.136. The molecule has 1 unspecified atom stereocenters. The van der Waals surface area contributed by atoms with Gasteiger partial charge in [0.1, 0.15) is 6.04 Å². The molecule has 0 aromatic carbocycles. The number of likely N-dealkylation sites (tertiary alicyclic amines) is 1. The number of hydrogen-bond acceptors (Lipinski definition) is 3. The minimum Gasteiger partial charge on any atom is -0.378 e. The molecule has 2 saturated heterocycles. The van der Waals surface area contributed by atoms with E-state index in [1.165, 1.54) is 6.42 Å². The van der Waals surface area contributed by atoms with Crippen molar-refractivity contribution in [2.24, 2.45) is 5.41 Å². The van der Waals surface area contributed by atoms with E-state index in [0.717, 1.165) is 39.1 Å². The number of rotatable bonds is 1. The van der Waals surface area contributed by atoms with Gasteiger partial charge in [-0.15, -0.1) is 0 Å². The summed E-state index contributed by atoms with van der Waals surface area (Å²) in [6, 6.07) is -0.120. The molecule has 0 aromatic rings. The highest BCUT2D eigenvalue weighted by Gasteiger charge is 2.30. The fourth-order valence-corrected chi connectivity index (χ4v) is 2.59. The predicted molar refractivity (Wildman–Crippen MR) is 66.8 cm³/mol. The fraction of sp³-hybridized carbons (Fsp3) is 0.923. The van der Waals surface area contributed by atoms with Crippen molar-refractivity contribution < 1.29 is 9.53 Å². The summed E-state index contributed by atoms with van der Waals surface area (Å²) in [6.45, 7) is 8.42. The summed E-state index contributed by atoms with van der Waals surface area (Å²) < 4.78 is 5.36. The van der Waals surface area contributed by atoms with Crippen LogP contribution in [-0.4, -0.2) is 49.7 Å². The second kappa shape index (κ2) is 5.36. The van der Waals surface area contributed by atoms with Gasteiger partial charge in [-0.3, -0.25) is 4.79 Å². The van der Waals surface area contributed by atoms with Crippen LogP contribution in [0.15, 0.2) is 0 Å². The Morgan fingerprint density at radius 3 is 2.88 bits per heavy atom. The Morgan fingerprint density at radius 1 is 1.35 bits per heavy atom. The molecule has 0 spiro atoms. The van der Waals surface area contributed by atoms with Crippen LogP contribution in [0.4, 0.5) is 0 Å². The SMILES string of the molecule is CC1(C)CCCN(C(=O)C2COCCN2)CC1. The number of carbonyl (C=O) groups excluding carboxylic acids is 1. The first-order valence-electron chi connectivity index (χ1n) is 6.68. The van der Waals surface area contributed by atoms with Crippen molar-refractivity contribution in [3.8, 4) is 0 Å². The van der Waals surface area contributed by atoms with Crippen molar-refractivity contribution in [2.75, 3.05) is 32.8 Å². The van der Waals surface area contributed by atoms with Crippen molar-refractivity contribution in [2.45, 2.75) is 39.2 Å². The third-order valence-corrected chi connectivity index (χ3v) is 3.87. The molecule has 0 bridgehead atoms. The van der Waals surface area contributed by atoms with Gasteiger partial charge in [-0.1, -0.05) is 13.8 Å². The highest BCUT2D eigenvalue weighted by atomic mass is 16.5. The van der Waals surface area contributed by atoms with E-state index < -0.39 is 0 Å². The van der Waals surface area contributed by atoms with Gasteiger partial charge in [0.05, 0.1) is 13.2 Å². The smallest absolute Gasteiger partial charge is 0.242 e. The number of nitrogens with one attached hydrogen (secondary N) is 1. The summed E-state index contributed by atoms with van der Waals surface area (Å²) in [5, 5.41) is 3.24. The van der Waals surface area contributed by atoms with Gasteiger partial charge in [-0.25, -0.2) is 0 Å². The Balaban J connectivity index is 1.90. The molecule has 98 valence electrons. The van der Waals surface area contributed by atoms with E-state index in [4.69, 9.17) is 4.74 Å². The van der Waals surface area contributed by atoms with Crippen LogP contribution >= 0.6 is 0 Å². The Labute approximate surface area is 104 Å². The lowest BCUT2D eigenvalue weighted by Crippen LogP contribution is -2.52. The fourth-order valence-electron chi connectivity index (χ4n) is 2.59. The van der Waals surface area contributed by atoms with E-state index >= 15 is 0 Å². The van der Waals surface area contributed by atoms with Crippen molar-refractivity contribution >= 4 is 5.91 Å². The van der Waals surface area contributed by atoms with Crippen LogP contribution in [0, 0.1) is 5.41 Å². The zero-order chi connectivity index (χ0) is 12.3. The number of carbonyl (C=O) groups is 1. The average Bonchev–Trinajstić information content (AvgIpc) is 2.50. The third-order valence-electron chi connectivity index (χ3n) is 3.87. The first-order chi connectivity index (χ1) is 8.08. The molecule has 2 aliphatic rings. The van der Waals surface area contributed by atoms with Gasteiger partial charge in [-0.2, -0.15) is 0 Å². The molecule has 4 heteroatoms. The second-order valence-electron chi connectivity index (χ2n) is 5.92. The first kappa shape index (κ1) is 12.8. The van der Waals surface area contributed by atoms with Crippen LogP contribution in [-0.2, 0) is 9.53 Å². The van der Waals surface area contributed by atoms with Crippen LogP contribution in [0.3, 0.4) is 0 Å². The first-order valence-corrected chi connectivity index (χ1v) is 6.68. The van der Waals surface area contributed by atoms with E-state index in [9.17, 15) is 4.79 Å². The van der Waals surface area contributed by atoms with Gasteiger partial charge in [-0.05, 0) is 24.7 Å². The maximum absolute atomic E-state index is 12.3. The van der Waals surface area contributed by atoms with E-state index in [0.29, 0.717) is 12.0 Å². The molecular weight excluding hydrogens is 216 g/mol. The summed E-state index contributed by atoms with van der Waals surface area (Å²) in [4.78, 5) is 14.3. The molecule has 2 heterocycles. The molecule has 0 aliphatic carbocycles. The van der Waals surface area contributed by atoms with Gasteiger partial charge in [0.2, 0.25) is 5.91 Å². The van der Waals surface area contributed by atoms with Crippen LogP contribution in [0.1, 0.15) is 33.1 Å². The minimum atomic E-state index is -0.120. The quantitative estimate of drug-likeness (QED) is 0.744. The molecule has 2 rings (SSSR count). The summed E-state index contributed by atoms with van der Waals surface area (Å²) in [5.41, 5.74) is 0.380. The van der Waals surface area contributed by atoms with Gasteiger partial charge in [0.25, 0.3) is 0 Å². The van der Waals surface area contributed by atoms with Gasteiger partial charge >= 0.3 is 0 Å². The molecule has 1 amide bonds. The van der Waals surface area contributed by atoms with Crippen LogP contribution in [0.25, 0.3) is 0 Å². The molecule has 0 aromatic heterocycles. The Kier molecular flexibility index (Phi) is 4.05. The van der Waals surface area contributed by atoms with Gasteiger partial charge in [0.15, 0.2) is 0 Å². The maximum atomic E-state index is 12.3. The molecule has 0 radical (unpaired) electrons. The van der Waals surface area contributed by atoms with E-state index in [1.54, 1.807) is 0 Å². The van der Waals surface area contributed by atoms with Crippen molar-refractivity contribution in [1.82, 2.24) is 10.2 Å². The standard InChI is InChI=1S/C13H24N2O2/c1-13(2)4-3-7-15(8-5-13)12(16)11-10-17-9-6-14-11/h11,14H,3-10H2,1-2H3. The predicted octanol–water partition coefficient (Wildman–Crippen LogP) is 1.01. The zero-order valence-electron chi connectivity index (χ0n) is 11.0. The summed E-state index contributed by atoms with van der Waals surface area (Å²) in [6.07, 6.45) is 3.43. The Hall–Kier alpha value is -0.610. The Bertz CT molecular complexity index is 273. The number of ether oxygens (including phenoxy) is 1. The maximum Gasteiger partial charge on any atom is 0.242 e. The number of nitrogens with zero attached hydrogens (tertiary/aromatic N) is 1. The topological polar surface area (TPSA) is 41.6 Å². The van der Waals surface area contributed by atoms with Crippen molar-refractivity contribution in [1.29, 1.82) is 0 Å². The van der Waals surface area contributed by atoms with Gasteiger partial charge in [0, 0.05) is 19.6 Å². The van der Waals surface area contributed by atoms with E-state index in [2.05, 4.69) is 19.2 Å². The van der Waals surface area contributed by atoms with E-state index in [1.807, 2.05) is 4.90 Å². The molecule has 4 nitrogen and oxygen atoms in total. The summed E-state index contributed by atoms with van der Waals surface area (Å²) in [7, 11) is 0. The molecule has 2 fully saturated rings. The largest absolute Gasteiger partial charge is 0.378 e.